The lowest BCUT2D eigenvalue weighted by Gasteiger charge is -2.26. The Morgan fingerprint density at radius 2 is 1.87 bits per heavy atom. The second-order valence-corrected chi connectivity index (χ2v) is 10.6. The Labute approximate surface area is 222 Å². The number of imidazole rings is 1. The maximum Gasteiger partial charge on any atom is 0.322 e. The molecular weight excluding hydrogens is 526 g/mol. The van der Waals surface area contributed by atoms with Crippen LogP contribution in [0.25, 0.3) is 10.8 Å². The Balaban J connectivity index is 1.27. The number of hydrogen-bond acceptors (Lipinski definition) is 7. The minimum atomic E-state index is -4.15. The van der Waals surface area contributed by atoms with Crippen molar-refractivity contribution in [2.75, 3.05) is 10.6 Å². The third kappa shape index (κ3) is 5.89. The summed E-state index contributed by atoms with van der Waals surface area (Å²) in [5, 5.41) is 16.5. The summed E-state index contributed by atoms with van der Waals surface area (Å²) in [6.07, 6.45) is 1.47. The van der Waals surface area contributed by atoms with Gasteiger partial charge in [0.2, 0.25) is 21.9 Å². The fourth-order valence-electron chi connectivity index (χ4n) is 4.15. The van der Waals surface area contributed by atoms with Crippen LogP contribution in [0, 0.1) is 0 Å². The zero-order chi connectivity index (χ0) is 27.6. The lowest BCUT2D eigenvalue weighted by molar-refractivity contribution is -0.139. The van der Waals surface area contributed by atoms with Gasteiger partial charge >= 0.3 is 5.97 Å². The van der Waals surface area contributed by atoms with Gasteiger partial charge < -0.3 is 20.1 Å². The fourth-order valence-corrected chi connectivity index (χ4v) is 5.37. The van der Waals surface area contributed by atoms with Crippen LogP contribution in [0.1, 0.15) is 12.0 Å². The third-order valence-corrected chi connectivity index (χ3v) is 7.53. The molecule has 0 spiro atoms. The minimum absolute atomic E-state index is 0.0549. The molecule has 12 nitrogen and oxygen atoms in total. The maximum absolute atomic E-state index is 13.0. The van der Waals surface area contributed by atoms with Gasteiger partial charge in [0.25, 0.3) is 5.91 Å². The number of aromatic amines is 1. The highest BCUT2D eigenvalue weighted by molar-refractivity contribution is 7.89. The monoisotopic (exact) mass is 549 g/mol. The number of carbonyl (C=O) groups excluding carboxylic acids is 2. The zero-order valence-electron chi connectivity index (χ0n) is 20.2. The van der Waals surface area contributed by atoms with Gasteiger partial charge in [-0.1, -0.05) is 36.4 Å². The van der Waals surface area contributed by atoms with Crippen LogP contribution in [0.3, 0.4) is 0 Å². The van der Waals surface area contributed by atoms with E-state index in [1.54, 1.807) is 24.3 Å². The van der Waals surface area contributed by atoms with E-state index in [0.717, 1.165) is 5.39 Å². The Morgan fingerprint density at radius 1 is 1.08 bits per heavy atom. The van der Waals surface area contributed by atoms with E-state index >= 15 is 0 Å². The number of carbonyl (C=O) groups is 3. The molecule has 0 radical (unpaired) electrons. The van der Waals surface area contributed by atoms with Crippen LogP contribution in [-0.2, 0) is 30.8 Å². The normalized spacial score (nSPS) is 15.6. The number of H-pyrrole nitrogens is 1. The van der Waals surface area contributed by atoms with Crippen molar-refractivity contribution in [2.45, 2.75) is 29.9 Å². The van der Waals surface area contributed by atoms with Crippen LogP contribution < -0.4 is 20.1 Å². The fraction of sp³-hybridized carbons (Fsp3) is 0.154. The summed E-state index contributed by atoms with van der Waals surface area (Å²) >= 11 is 0. The van der Waals surface area contributed by atoms with Gasteiger partial charge in [0, 0.05) is 12.4 Å². The number of benzene rings is 3. The molecule has 200 valence electrons. The highest BCUT2D eigenvalue weighted by Crippen LogP contribution is 2.32. The molecule has 1 aromatic heterocycles. The number of nitrogens with zero attached hydrogens (tertiary/aromatic N) is 1. The van der Waals surface area contributed by atoms with Crippen molar-refractivity contribution >= 4 is 50.2 Å². The molecule has 5 rings (SSSR count). The first-order chi connectivity index (χ1) is 18.7. The average molecular weight is 550 g/mol. The minimum Gasteiger partial charge on any atom is -0.480 e. The molecule has 39 heavy (non-hydrogen) atoms. The summed E-state index contributed by atoms with van der Waals surface area (Å²) in [4.78, 5) is 43.3. The number of sulfonamides is 1. The predicted octanol–water partition coefficient (Wildman–Crippen LogP) is 2.27. The molecule has 0 bridgehead atoms. The number of carboxylic acids is 1. The highest BCUT2D eigenvalue weighted by Gasteiger charge is 2.31. The van der Waals surface area contributed by atoms with Crippen molar-refractivity contribution in [3.8, 4) is 5.75 Å². The van der Waals surface area contributed by atoms with Crippen LogP contribution in [0.5, 0.6) is 5.75 Å². The number of fused-ring (bicyclic) bond motifs is 2. The van der Waals surface area contributed by atoms with E-state index in [4.69, 9.17) is 4.74 Å². The van der Waals surface area contributed by atoms with Gasteiger partial charge in [-0.05, 0) is 47.0 Å². The quantitative estimate of drug-likeness (QED) is 0.211. The van der Waals surface area contributed by atoms with Crippen molar-refractivity contribution < 1.29 is 32.6 Å². The second-order valence-electron chi connectivity index (χ2n) is 8.84. The smallest absolute Gasteiger partial charge is 0.322 e. The lowest BCUT2D eigenvalue weighted by Crippen LogP contribution is -2.42. The number of ether oxygens (including phenoxy) is 1. The zero-order valence-corrected chi connectivity index (χ0v) is 21.1. The maximum atomic E-state index is 13.0. The van der Waals surface area contributed by atoms with Crippen LogP contribution in [0.4, 0.5) is 11.6 Å². The molecule has 1 unspecified atom stereocenters. The number of rotatable bonds is 9. The number of anilines is 2. The van der Waals surface area contributed by atoms with Crippen LogP contribution >= 0.6 is 0 Å². The Morgan fingerprint density at radius 3 is 2.62 bits per heavy atom. The standard InChI is InChI=1S/C26H23N5O7S/c32-23(30-26-27-9-10-28-26)14-22-24(33)29-19-11-15(5-8-21(19)38-22)12-20(25(34)35)31-39(36,37)18-7-6-16-3-1-2-4-17(16)13-18/h1-11,13,20,22,31H,12,14H2,(H,29,33)(H,34,35)(H2,27,28,30,32)/t20-,22?/m0/s1. The molecule has 4 aromatic rings. The van der Waals surface area contributed by atoms with E-state index in [1.807, 2.05) is 12.1 Å². The molecule has 2 atom stereocenters. The first-order valence-electron chi connectivity index (χ1n) is 11.8. The molecule has 1 aliphatic heterocycles. The number of nitrogens with one attached hydrogen (secondary N) is 4. The Kier molecular flexibility index (Phi) is 7.00. The van der Waals surface area contributed by atoms with Crippen molar-refractivity contribution in [2.24, 2.45) is 0 Å². The van der Waals surface area contributed by atoms with Gasteiger partial charge in [-0.3, -0.25) is 19.7 Å². The van der Waals surface area contributed by atoms with Gasteiger partial charge in [-0.15, -0.1) is 0 Å². The van der Waals surface area contributed by atoms with Gasteiger partial charge in [0.1, 0.15) is 11.8 Å². The summed E-state index contributed by atoms with van der Waals surface area (Å²) in [6, 6.07) is 14.9. The third-order valence-electron chi connectivity index (χ3n) is 6.06. The second kappa shape index (κ2) is 10.6. The van der Waals surface area contributed by atoms with E-state index in [9.17, 15) is 27.9 Å². The van der Waals surface area contributed by atoms with Crippen molar-refractivity contribution in [3.63, 3.8) is 0 Å². The highest BCUT2D eigenvalue weighted by atomic mass is 32.2. The van der Waals surface area contributed by atoms with Crippen molar-refractivity contribution in [3.05, 3.63) is 78.6 Å². The molecule has 5 N–H and O–H groups in total. The van der Waals surface area contributed by atoms with E-state index in [2.05, 4.69) is 25.3 Å². The summed E-state index contributed by atoms with van der Waals surface area (Å²) < 4.78 is 33.9. The molecule has 0 saturated heterocycles. The summed E-state index contributed by atoms with van der Waals surface area (Å²) in [6.45, 7) is 0. The topological polar surface area (TPSA) is 180 Å². The van der Waals surface area contributed by atoms with Crippen molar-refractivity contribution in [1.82, 2.24) is 14.7 Å². The van der Waals surface area contributed by atoms with Crippen LogP contribution in [0.2, 0.25) is 0 Å². The molecule has 3 aromatic carbocycles. The number of aliphatic carboxylic acids is 1. The van der Waals surface area contributed by atoms with Gasteiger partial charge in [-0.2, -0.15) is 4.72 Å². The van der Waals surface area contributed by atoms with Gasteiger partial charge in [0.05, 0.1) is 17.0 Å². The SMILES string of the molecule is O=C(CC1Oc2ccc(C[C@H](NS(=O)(=O)c3ccc4ccccc4c3)C(=O)O)cc2NC1=O)Nc1ncc[nH]1. The molecule has 2 amide bonds. The Bertz CT molecular complexity index is 1670. The van der Waals surface area contributed by atoms with Crippen LogP contribution in [0.15, 0.2) is 78.0 Å². The number of carboxylic acid groups (broad SMARTS) is 1. The largest absolute Gasteiger partial charge is 0.480 e. The van der Waals surface area contributed by atoms with Crippen molar-refractivity contribution in [1.29, 1.82) is 0 Å². The first-order valence-corrected chi connectivity index (χ1v) is 13.3. The molecule has 1 aliphatic rings. The molecule has 0 saturated carbocycles. The molecular formula is C26H23N5O7S. The van der Waals surface area contributed by atoms with Gasteiger partial charge in [0.15, 0.2) is 6.10 Å². The molecule has 0 fully saturated rings. The number of hydrogen-bond donors (Lipinski definition) is 5. The molecule has 0 aliphatic carbocycles. The summed E-state index contributed by atoms with van der Waals surface area (Å²) in [5.41, 5.74) is 0.724. The number of aromatic nitrogens is 2. The molecule has 2 heterocycles. The van der Waals surface area contributed by atoms with Gasteiger partial charge in [-0.25, -0.2) is 13.4 Å². The lowest BCUT2D eigenvalue weighted by atomic mass is 10.0. The van der Waals surface area contributed by atoms with Crippen LogP contribution in [-0.4, -0.2) is 53.4 Å². The molecule has 13 heteroatoms. The van der Waals surface area contributed by atoms with E-state index < -0.39 is 40.0 Å². The Hall–Kier alpha value is -4.75. The average Bonchev–Trinajstić information content (AvgIpc) is 3.41. The number of amides is 2. The summed E-state index contributed by atoms with van der Waals surface area (Å²) in [5.74, 6) is -1.86. The van der Waals surface area contributed by atoms with E-state index in [-0.39, 0.29) is 35.1 Å². The first kappa shape index (κ1) is 25.9. The predicted molar refractivity (Wildman–Crippen MR) is 141 cm³/mol. The van der Waals surface area contributed by atoms with E-state index in [1.165, 1.54) is 36.7 Å². The summed E-state index contributed by atoms with van der Waals surface area (Å²) in [7, 11) is -4.15. The van der Waals surface area contributed by atoms with E-state index in [0.29, 0.717) is 10.9 Å².